The van der Waals surface area contributed by atoms with Crippen molar-refractivity contribution < 1.29 is 9.59 Å². The lowest BCUT2D eigenvalue weighted by atomic mass is 9.46. The highest BCUT2D eigenvalue weighted by Crippen LogP contribution is 2.60. The number of carbonyl (C=O) groups excluding carboxylic acids is 2. The van der Waals surface area contributed by atoms with E-state index in [1.54, 1.807) is 6.92 Å². The molecule has 0 aromatic rings. The summed E-state index contributed by atoms with van der Waals surface area (Å²) in [4.78, 5) is 24.0. The van der Waals surface area contributed by atoms with Gasteiger partial charge < -0.3 is 4.79 Å². The SMILES string of the molecule is C=C1CC(=O)[C@H]2C(C)(C)CCC[C@]2(C)[C@H]1CCC(C)=O. The zero-order chi connectivity index (χ0) is 15.1. The molecule has 0 spiro atoms. The van der Waals surface area contributed by atoms with Crippen LogP contribution in [0.2, 0.25) is 0 Å². The average molecular weight is 276 g/mol. The molecule has 0 radical (unpaired) electrons. The third-order valence-corrected chi connectivity index (χ3v) is 5.77. The summed E-state index contributed by atoms with van der Waals surface area (Å²) in [6.07, 6.45) is 5.40. The van der Waals surface area contributed by atoms with Crippen molar-refractivity contribution in [2.75, 3.05) is 0 Å². The molecule has 0 aromatic carbocycles. The van der Waals surface area contributed by atoms with E-state index in [0.29, 0.717) is 24.5 Å². The van der Waals surface area contributed by atoms with E-state index in [2.05, 4.69) is 27.4 Å². The first-order valence-electron chi connectivity index (χ1n) is 7.88. The number of carbonyl (C=O) groups is 2. The number of allylic oxidation sites excluding steroid dienone is 1. The smallest absolute Gasteiger partial charge is 0.141 e. The summed E-state index contributed by atoms with van der Waals surface area (Å²) in [5, 5.41) is 0. The number of ketones is 2. The predicted molar refractivity (Wildman–Crippen MR) is 81.4 cm³/mol. The van der Waals surface area contributed by atoms with Gasteiger partial charge >= 0.3 is 0 Å². The molecule has 0 heterocycles. The fourth-order valence-corrected chi connectivity index (χ4v) is 5.08. The van der Waals surface area contributed by atoms with Crippen molar-refractivity contribution in [3.8, 4) is 0 Å². The van der Waals surface area contributed by atoms with E-state index in [0.717, 1.165) is 24.8 Å². The van der Waals surface area contributed by atoms with Crippen LogP contribution in [0.15, 0.2) is 12.2 Å². The Kier molecular flexibility index (Phi) is 3.96. The zero-order valence-electron chi connectivity index (χ0n) is 13.4. The normalized spacial score (nSPS) is 36.6. The number of Topliss-reactive ketones (excluding diaryl/α,β-unsaturated/α-hetero) is 2. The maximum absolute atomic E-state index is 12.6. The molecule has 2 nitrogen and oxygen atoms in total. The van der Waals surface area contributed by atoms with Crippen molar-refractivity contribution in [1.29, 1.82) is 0 Å². The lowest BCUT2D eigenvalue weighted by Gasteiger charge is -2.56. The summed E-state index contributed by atoms with van der Waals surface area (Å²) < 4.78 is 0. The summed E-state index contributed by atoms with van der Waals surface area (Å²) in [6.45, 7) is 12.6. The molecule has 0 saturated heterocycles. The molecule has 112 valence electrons. The fourth-order valence-electron chi connectivity index (χ4n) is 5.08. The summed E-state index contributed by atoms with van der Waals surface area (Å²) >= 11 is 0. The summed E-state index contributed by atoms with van der Waals surface area (Å²) in [7, 11) is 0. The highest BCUT2D eigenvalue weighted by molar-refractivity contribution is 5.86. The van der Waals surface area contributed by atoms with Crippen LogP contribution in [-0.2, 0) is 9.59 Å². The minimum Gasteiger partial charge on any atom is -0.300 e. The lowest BCUT2D eigenvalue weighted by Crippen LogP contribution is -2.53. The maximum Gasteiger partial charge on any atom is 0.141 e. The molecule has 0 aromatic heterocycles. The van der Waals surface area contributed by atoms with Gasteiger partial charge in [0.1, 0.15) is 11.6 Å². The van der Waals surface area contributed by atoms with E-state index < -0.39 is 0 Å². The first-order valence-corrected chi connectivity index (χ1v) is 7.88. The van der Waals surface area contributed by atoms with Gasteiger partial charge in [0.05, 0.1) is 0 Å². The third-order valence-electron chi connectivity index (χ3n) is 5.77. The molecule has 2 aliphatic rings. The zero-order valence-corrected chi connectivity index (χ0v) is 13.4. The van der Waals surface area contributed by atoms with Crippen LogP contribution in [-0.4, -0.2) is 11.6 Å². The van der Waals surface area contributed by atoms with E-state index in [4.69, 9.17) is 0 Å². The predicted octanol–water partition coefficient (Wildman–Crippen LogP) is 4.33. The molecule has 20 heavy (non-hydrogen) atoms. The molecule has 2 fully saturated rings. The monoisotopic (exact) mass is 276 g/mol. The van der Waals surface area contributed by atoms with Crippen molar-refractivity contribution in [3.63, 3.8) is 0 Å². The van der Waals surface area contributed by atoms with Gasteiger partial charge in [-0.2, -0.15) is 0 Å². The Morgan fingerprint density at radius 2 is 1.95 bits per heavy atom. The molecule has 3 atom stereocenters. The molecule has 0 amide bonds. The van der Waals surface area contributed by atoms with Crippen LogP contribution >= 0.6 is 0 Å². The minimum absolute atomic E-state index is 0.00359. The highest BCUT2D eigenvalue weighted by Gasteiger charge is 2.56. The van der Waals surface area contributed by atoms with Crippen LogP contribution in [0.3, 0.4) is 0 Å². The number of hydrogen-bond acceptors (Lipinski definition) is 2. The van der Waals surface area contributed by atoms with E-state index in [9.17, 15) is 9.59 Å². The van der Waals surface area contributed by atoms with Crippen LogP contribution < -0.4 is 0 Å². The summed E-state index contributed by atoms with van der Waals surface area (Å²) in [5.41, 5.74) is 1.15. The first kappa shape index (κ1) is 15.5. The molecule has 0 aliphatic heterocycles. The Balaban J connectivity index is 2.34. The molecule has 2 aliphatic carbocycles. The standard InChI is InChI=1S/C18H28O2/c1-12-11-15(20)16-17(3,4)9-6-10-18(16,5)14(12)8-7-13(2)19/h14,16H,1,6-11H2,2-5H3/t14-,16-,18+/m0/s1. The van der Waals surface area contributed by atoms with Gasteiger partial charge in [0.15, 0.2) is 0 Å². The lowest BCUT2D eigenvalue weighted by molar-refractivity contribution is -0.143. The minimum atomic E-state index is 0.00359. The molecule has 2 rings (SSSR count). The molecule has 0 N–H and O–H groups in total. The van der Waals surface area contributed by atoms with Gasteiger partial charge in [-0.15, -0.1) is 0 Å². The van der Waals surface area contributed by atoms with Gasteiger partial charge in [-0.1, -0.05) is 39.3 Å². The quantitative estimate of drug-likeness (QED) is 0.719. The van der Waals surface area contributed by atoms with E-state index in [-0.39, 0.29) is 22.5 Å². The van der Waals surface area contributed by atoms with Crippen molar-refractivity contribution in [1.82, 2.24) is 0 Å². The Hall–Kier alpha value is -0.920. The Morgan fingerprint density at radius 1 is 1.30 bits per heavy atom. The highest BCUT2D eigenvalue weighted by atomic mass is 16.1. The molecule has 0 bridgehead atoms. The maximum atomic E-state index is 12.6. The van der Waals surface area contributed by atoms with Crippen LogP contribution in [0, 0.1) is 22.7 Å². The average Bonchev–Trinajstić information content (AvgIpc) is 2.25. The molecule has 2 heteroatoms. The van der Waals surface area contributed by atoms with Gasteiger partial charge in [0, 0.05) is 18.8 Å². The number of rotatable bonds is 3. The van der Waals surface area contributed by atoms with E-state index in [1.165, 1.54) is 6.42 Å². The van der Waals surface area contributed by atoms with Crippen LogP contribution in [0.1, 0.15) is 66.2 Å². The van der Waals surface area contributed by atoms with Crippen molar-refractivity contribution in [3.05, 3.63) is 12.2 Å². The van der Waals surface area contributed by atoms with E-state index in [1.807, 2.05) is 0 Å². The van der Waals surface area contributed by atoms with Crippen LogP contribution in [0.25, 0.3) is 0 Å². The second kappa shape index (κ2) is 5.13. The van der Waals surface area contributed by atoms with Crippen LogP contribution in [0.5, 0.6) is 0 Å². The van der Waals surface area contributed by atoms with E-state index >= 15 is 0 Å². The summed E-state index contributed by atoms with van der Waals surface area (Å²) in [6, 6.07) is 0. The van der Waals surface area contributed by atoms with Crippen LogP contribution in [0.4, 0.5) is 0 Å². The molecule has 0 unspecified atom stereocenters. The summed E-state index contributed by atoms with van der Waals surface area (Å²) in [5.74, 6) is 1.08. The van der Waals surface area contributed by atoms with Crippen molar-refractivity contribution in [2.45, 2.75) is 66.2 Å². The largest absolute Gasteiger partial charge is 0.300 e. The van der Waals surface area contributed by atoms with Gasteiger partial charge in [0.2, 0.25) is 0 Å². The molecular weight excluding hydrogens is 248 g/mol. The molecule has 2 saturated carbocycles. The Morgan fingerprint density at radius 3 is 2.55 bits per heavy atom. The van der Waals surface area contributed by atoms with Crippen molar-refractivity contribution >= 4 is 11.6 Å². The second-order valence-electron chi connectivity index (χ2n) is 7.88. The van der Waals surface area contributed by atoms with Gasteiger partial charge in [-0.3, -0.25) is 4.79 Å². The van der Waals surface area contributed by atoms with Gasteiger partial charge in [-0.25, -0.2) is 0 Å². The topological polar surface area (TPSA) is 34.1 Å². The van der Waals surface area contributed by atoms with Gasteiger partial charge in [0.25, 0.3) is 0 Å². The Labute approximate surface area is 123 Å². The van der Waals surface area contributed by atoms with Gasteiger partial charge in [-0.05, 0) is 42.9 Å². The number of hydrogen-bond donors (Lipinski definition) is 0. The number of fused-ring (bicyclic) bond motifs is 1. The van der Waals surface area contributed by atoms with Crippen molar-refractivity contribution in [2.24, 2.45) is 22.7 Å². The second-order valence-corrected chi connectivity index (χ2v) is 7.88. The first-order chi connectivity index (χ1) is 9.18. The fraction of sp³-hybridized carbons (Fsp3) is 0.778. The Bertz CT molecular complexity index is 446. The third kappa shape index (κ3) is 2.49. The molecular formula is C18H28O2.